The van der Waals surface area contributed by atoms with Gasteiger partial charge in [-0.2, -0.15) is 0 Å². The first-order chi connectivity index (χ1) is 8.52. The molecule has 0 aromatic heterocycles. The summed E-state index contributed by atoms with van der Waals surface area (Å²) in [7, 11) is 1.46. The van der Waals surface area contributed by atoms with Crippen LogP contribution in [0.2, 0.25) is 0 Å². The third-order valence-corrected chi connectivity index (χ3v) is 3.61. The van der Waals surface area contributed by atoms with Gasteiger partial charge < -0.3 is 30.5 Å². The number of ether oxygens (including phenoxy) is 2. The van der Waals surface area contributed by atoms with E-state index < -0.39 is 30.1 Å². The van der Waals surface area contributed by atoms with Crippen molar-refractivity contribution in [3.63, 3.8) is 0 Å². The van der Waals surface area contributed by atoms with Crippen molar-refractivity contribution in [2.24, 2.45) is 5.73 Å². The van der Waals surface area contributed by atoms with Gasteiger partial charge >= 0.3 is 0 Å². The van der Waals surface area contributed by atoms with Crippen LogP contribution in [0.4, 0.5) is 0 Å². The van der Waals surface area contributed by atoms with Crippen molar-refractivity contribution in [1.29, 1.82) is 0 Å². The Bertz CT molecular complexity index is 251. The quantitative estimate of drug-likeness (QED) is 0.475. The van der Waals surface area contributed by atoms with Crippen LogP contribution in [0.5, 0.6) is 0 Å². The zero-order valence-corrected chi connectivity index (χ0v) is 11.1. The Morgan fingerprint density at radius 2 is 1.94 bits per heavy atom. The number of rotatable bonds is 6. The molecule has 18 heavy (non-hydrogen) atoms. The van der Waals surface area contributed by atoms with Crippen molar-refractivity contribution in [3.8, 4) is 0 Å². The van der Waals surface area contributed by atoms with E-state index >= 15 is 0 Å². The third-order valence-electron chi connectivity index (χ3n) is 3.61. The van der Waals surface area contributed by atoms with Crippen LogP contribution in [0.15, 0.2) is 0 Å². The first-order valence-electron chi connectivity index (χ1n) is 6.48. The molecular formula is C12H25NO5. The summed E-state index contributed by atoms with van der Waals surface area (Å²) in [4.78, 5) is 0. The summed E-state index contributed by atoms with van der Waals surface area (Å²) in [6.45, 7) is 1.69. The predicted molar refractivity (Wildman–Crippen MR) is 65.8 cm³/mol. The SMILES string of the molecule is CCCCCC1(OC)O[C@H](CO)[C@@H](O)[C@H](O)[C@H]1N. The van der Waals surface area contributed by atoms with E-state index in [-0.39, 0.29) is 6.61 Å². The normalized spacial score (nSPS) is 41.0. The fourth-order valence-corrected chi connectivity index (χ4v) is 2.38. The Kier molecular flexibility index (Phi) is 5.97. The smallest absolute Gasteiger partial charge is 0.186 e. The minimum Gasteiger partial charge on any atom is -0.394 e. The fraction of sp³-hybridized carbons (Fsp3) is 1.00. The van der Waals surface area contributed by atoms with E-state index in [1.807, 2.05) is 0 Å². The van der Waals surface area contributed by atoms with Crippen LogP contribution in [0.1, 0.15) is 32.6 Å². The molecule has 0 bridgehead atoms. The van der Waals surface area contributed by atoms with Gasteiger partial charge in [-0.1, -0.05) is 19.8 Å². The van der Waals surface area contributed by atoms with Crippen molar-refractivity contribution in [2.45, 2.75) is 62.7 Å². The van der Waals surface area contributed by atoms with Crippen LogP contribution in [0, 0.1) is 0 Å². The number of nitrogens with two attached hydrogens (primary N) is 1. The van der Waals surface area contributed by atoms with Crippen molar-refractivity contribution in [1.82, 2.24) is 0 Å². The molecule has 6 nitrogen and oxygen atoms in total. The van der Waals surface area contributed by atoms with Crippen LogP contribution in [0.25, 0.3) is 0 Å². The Labute approximate surface area is 108 Å². The van der Waals surface area contributed by atoms with Gasteiger partial charge in [0.1, 0.15) is 18.3 Å². The summed E-state index contributed by atoms with van der Waals surface area (Å²) >= 11 is 0. The molecule has 0 radical (unpaired) electrons. The molecule has 0 saturated carbocycles. The molecule has 0 spiro atoms. The second-order valence-corrected chi connectivity index (χ2v) is 4.82. The number of unbranched alkanes of at least 4 members (excludes halogenated alkanes) is 2. The van der Waals surface area contributed by atoms with E-state index in [1.165, 1.54) is 7.11 Å². The molecule has 5 N–H and O–H groups in total. The molecule has 0 aromatic rings. The molecule has 1 unspecified atom stereocenters. The minimum absolute atomic E-state index is 0.385. The van der Waals surface area contributed by atoms with Gasteiger partial charge in [0.15, 0.2) is 5.79 Å². The van der Waals surface area contributed by atoms with Gasteiger partial charge in [0.25, 0.3) is 0 Å². The Morgan fingerprint density at radius 3 is 2.44 bits per heavy atom. The summed E-state index contributed by atoms with van der Waals surface area (Å²) in [5.74, 6) is -1.14. The summed E-state index contributed by atoms with van der Waals surface area (Å²) < 4.78 is 11.0. The van der Waals surface area contributed by atoms with E-state index in [9.17, 15) is 15.3 Å². The number of aliphatic hydroxyl groups is 3. The molecular weight excluding hydrogens is 238 g/mol. The lowest BCUT2D eigenvalue weighted by molar-refractivity contribution is -0.326. The zero-order chi connectivity index (χ0) is 13.8. The number of hydrogen-bond acceptors (Lipinski definition) is 6. The fourth-order valence-electron chi connectivity index (χ4n) is 2.38. The van der Waals surface area contributed by atoms with Gasteiger partial charge in [-0.25, -0.2) is 0 Å². The second kappa shape index (κ2) is 6.79. The topological polar surface area (TPSA) is 105 Å². The molecule has 0 aromatic carbocycles. The van der Waals surface area contributed by atoms with Crippen LogP contribution in [-0.2, 0) is 9.47 Å². The zero-order valence-electron chi connectivity index (χ0n) is 11.1. The highest BCUT2D eigenvalue weighted by atomic mass is 16.7. The Morgan fingerprint density at radius 1 is 1.28 bits per heavy atom. The average Bonchev–Trinajstić information content (AvgIpc) is 2.39. The van der Waals surface area contributed by atoms with Crippen molar-refractivity contribution < 1.29 is 24.8 Å². The van der Waals surface area contributed by atoms with E-state index in [4.69, 9.17) is 15.2 Å². The maximum Gasteiger partial charge on any atom is 0.186 e. The van der Waals surface area contributed by atoms with Crippen molar-refractivity contribution in [2.75, 3.05) is 13.7 Å². The first kappa shape index (κ1) is 15.8. The standard InChI is InChI=1S/C12H25NO5/c1-3-4-5-6-12(17-2)11(13)10(16)9(15)8(7-14)18-12/h8-11,14-16H,3-7,13H2,1-2H3/t8-,9-,10+,11-,12?/m1/s1. The van der Waals surface area contributed by atoms with Crippen LogP contribution in [-0.4, -0.2) is 59.2 Å². The molecule has 0 aliphatic carbocycles. The molecule has 1 saturated heterocycles. The van der Waals surface area contributed by atoms with Crippen LogP contribution < -0.4 is 5.73 Å². The second-order valence-electron chi connectivity index (χ2n) is 4.82. The van der Waals surface area contributed by atoms with E-state index in [0.717, 1.165) is 19.3 Å². The lowest BCUT2D eigenvalue weighted by Crippen LogP contribution is -2.69. The first-order valence-corrected chi connectivity index (χ1v) is 6.48. The van der Waals surface area contributed by atoms with Gasteiger partial charge in [-0.3, -0.25) is 0 Å². The van der Waals surface area contributed by atoms with Gasteiger partial charge in [0, 0.05) is 13.5 Å². The molecule has 1 heterocycles. The lowest BCUT2D eigenvalue weighted by atomic mass is 9.87. The molecule has 6 heteroatoms. The van der Waals surface area contributed by atoms with E-state index in [2.05, 4.69) is 6.92 Å². The molecule has 1 rings (SSSR count). The predicted octanol–water partition coefficient (Wildman–Crippen LogP) is -0.650. The highest BCUT2D eigenvalue weighted by Crippen LogP contribution is 2.33. The average molecular weight is 263 g/mol. The van der Waals surface area contributed by atoms with Gasteiger partial charge in [0.2, 0.25) is 0 Å². The van der Waals surface area contributed by atoms with Gasteiger partial charge in [-0.05, 0) is 6.42 Å². The van der Waals surface area contributed by atoms with Gasteiger partial charge in [-0.15, -0.1) is 0 Å². The summed E-state index contributed by atoms with van der Waals surface area (Å²) in [5.41, 5.74) is 5.92. The molecule has 0 amide bonds. The highest BCUT2D eigenvalue weighted by Gasteiger charge is 2.52. The number of hydrogen-bond donors (Lipinski definition) is 4. The van der Waals surface area contributed by atoms with Crippen molar-refractivity contribution in [3.05, 3.63) is 0 Å². The lowest BCUT2D eigenvalue weighted by Gasteiger charge is -2.48. The molecule has 108 valence electrons. The van der Waals surface area contributed by atoms with Gasteiger partial charge in [0.05, 0.1) is 12.6 Å². The molecule has 5 atom stereocenters. The maximum absolute atomic E-state index is 9.92. The molecule has 1 aliphatic rings. The van der Waals surface area contributed by atoms with E-state index in [1.54, 1.807) is 0 Å². The maximum atomic E-state index is 9.92. The summed E-state index contributed by atoms with van der Waals surface area (Å²) in [6, 6.07) is -0.836. The Balaban J connectivity index is 2.80. The summed E-state index contributed by atoms with van der Waals surface area (Å²) in [5, 5.41) is 28.8. The molecule has 1 fully saturated rings. The van der Waals surface area contributed by atoms with Crippen molar-refractivity contribution >= 4 is 0 Å². The van der Waals surface area contributed by atoms with E-state index in [0.29, 0.717) is 6.42 Å². The molecule has 1 aliphatic heterocycles. The summed E-state index contributed by atoms with van der Waals surface area (Å²) in [6.07, 6.45) is 0.184. The Hall–Kier alpha value is -0.240. The third kappa shape index (κ3) is 3.01. The minimum atomic E-state index is -1.19. The largest absolute Gasteiger partial charge is 0.394 e. The van der Waals surface area contributed by atoms with Crippen LogP contribution >= 0.6 is 0 Å². The van der Waals surface area contributed by atoms with Crippen LogP contribution in [0.3, 0.4) is 0 Å². The monoisotopic (exact) mass is 263 g/mol. The highest BCUT2D eigenvalue weighted by molar-refractivity contribution is 4.99. The number of methoxy groups -OCH3 is 1. The number of aliphatic hydroxyl groups excluding tert-OH is 3.